The van der Waals surface area contributed by atoms with E-state index in [1.165, 1.54) is 0 Å². The minimum Gasteiger partial charge on any atom is -0.497 e. The van der Waals surface area contributed by atoms with Crippen molar-refractivity contribution < 1.29 is 9.66 Å². The molecule has 1 aromatic heterocycles. The van der Waals surface area contributed by atoms with Gasteiger partial charge in [0.05, 0.1) is 23.6 Å². The van der Waals surface area contributed by atoms with Crippen molar-refractivity contribution in [3.05, 3.63) is 93.8 Å². The van der Waals surface area contributed by atoms with Gasteiger partial charge >= 0.3 is 0 Å². The summed E-state index contributed by atoms with van der Waals surface area (Å²) in [6.07, 6.45) is 3.05. The predicted octanol–water partition coefficient (Wildman–Crippen LogP) is 4.40. The van der Waals surface area contributed by atoms with Crippen LogP contribution in [-0.2, 0) is 13.1 Å². The van der Waals surface area contributed by atoms with E-state index in [0.29, 0.717) is 6.54 Å². The fraction of sp³-hybridized carbons (Fsp3) is 0.273. The van der Waals surface area contributed by atoms with E-state index in [9.17, 15) is 10.1 Å². The number of benzene rings is 2. The fourth-order valence-electron chi connectivity index (χ4n) is 4.06. The lowest BCUT2D eigenvalue weighted by atomic mass is 9.99. The fourth-order valence-corrected chi connectivity index (χ4v) is 4.06. The summed E-state index contributed by atoms with van der Waals surface area (Å²) in [4.78, 5) is 13.8. The Hall–Kier alpha value is -3.12. The molecule has 0 aliphatic carbocycles. The number of rotatable bonds is 5. The van der Waals surface area contributed by atoms with Crippen molar-refractivity contribution in [1.82, 2.24) is 9.47 Å². The van der Waals surface area contributed by atoms with Gasteiger partial charge in [-0.2, -0.15) is 0 Å². The molecule has 1 aliphatic rings. The van der Waals surface area contributed by atoms with Crippen LogP contribution in [0, 0.1) is 10.1 Å². The molecular weight excluding hydrogens is 354 g/mol. The molecule has 0 unspecified atom stereocenters. The van der Waals surface area contributed by atoms with Crippen molar-refractivity contribution in [2.24, 2.45) is 0 Å². The van der Waals surface area contributed by atoms with Gasteiger partial charge in [-0.05, 0) is 36.2 Å². The van der Waals surface area contributed by atoms with E-state index < -0.39 is 0 Å². The molecule has 0 N–H and O–H groups in total. The van der Waals surface area contributed by atoms with E-state index in [4.69, 9.17) is 4.74 Å². The van der Waals surface area contributed by atoms with Crippen molar-refractivity contribution in [2.45, 2.75) is 25.6 Å². The van der Waals surface area contributed by atoms with Gasteiger partial charge in [-0.1, -0.05) is 30.3 Å². The number of ether oxygens (including phenoxy) is 1. The summed E-state index contributed by atoms with van der Waals surface area (Å²) in [7, 11) is 1.66. The number of hydrogen-bond donors (Lipinski definition) is 0. The molecule has 28 heavy (non-hydrogen) atoms. The van der Waals surface area contributed by atoms with Gasteiger partial charge in [-0.3, -0.25) is 15.0 Å². The Morgan fingerprint density at radius 3 is 2.79 bits per heavy atom. The topological polar surface area (TPSA) is 60.5 Å². The monoisotopic (exact) mass is 377 g/mol. The molecular formula is C22H23N3O3. The van der Waals surface area contributed by atoms with Crippen LogP contribution in [0.4, 0.5) is 5.69 Å². The molecule has 3 aromatic rings. The quantitative estimate of drug-likeness (QED) is 0.488. The normalized spacial score (nSPS) is 17.0. The van der Waals surface area contributed by atoms with Gasteiger partial charge in [0.25, 0.3) is 5.69 Å². The summed E-state index contributed by atoms with van der Waals surface area (Å²) in [6, 6.07) is 19.0. The van der Waals surface area contributed by atoms with Gasteiger partial charge in [0.2, 0.25) is 0 Å². The lowest BCUT2D eigenvalue weighted by Crippen LogP contribution is -2.30. The van der Waals surface area contributed by atoms with Crippen LogP contribution in [0.1, 0.15) is 29.3 Å². The minimum atomic E-state index is -0.281. The first-order valence-corrected chi connectivity index (χ1v) is 9.42. The highest BCUT2D eigenvalue weighted by Gasteiger charge is 2.32. The third kappa shape index (κ3) is 3.51. The number of aromatic nitrogens is 1. The molecule has 144 valence electrons. The first-order chi connectivity index (χ1) is 13.7. The number of nitro benzene ring substituents is 1. The Morgan fingerprint density at radius 2 is 1.96 bits per heavy atom. The summed E-state index contributed by atoms with van der Waals surface area (Å²) in [5.41, 5.74) is 3.12. The van der Waals surface area contributed by atoms with Crippen molar-refractivity contribution in [3.63, 3.8) is 0 Å². The lowest BCUT2D eigenvalue weighted by Gasteiger charge is -2.30. The third-order valence-electron chi connectivity index (χ3n) is 5.30. The first-order valence-electron chi connectivity index (χ1n) is 9.42. The highest BCUT2D eigenvalue weighted by molar-refractivity contribution is 5.46. The summed E-state index contributed by atoms with van der Waals surface area (Å²) < 4.78 is 7.58. The first kappa shape index (κ1) is 18.3. The van der Waals surface area contributed by atoms with Crippen LogP contribution < -0.4 is 4.74 Å². The average Bonchev–Trinajstić information content (AvgIpc) is 3.10. The molecule has 6 heteroatoms. The van der Waals surface area contributed by atoms with E-state index in [-0.39, 0.29) is 16.7 Å². The zero-order valence-electron chi connectivity index (χ0n) is 15.8. The third-order valence-corrected chi connectivity index (χ3v) is 5.30. The number of nitro groups is 1. The van der Waals surface area contributed by atoms with Crippen LogP contribution in [0.2, 0.25) is 0 Å². The second kappa shape index (κ2) is 7.86. The average molecular weight is 377 g/mol. The molecule has 2 aromatic carbocycles. The largest absolute Gasteiger partial charge is 0.497 e. The van der Waals surface area contributed by atoms with Gasteiger partial charge in [0.15, 0.2) is 0 Å². The molecule has 0 amide bonds. The molecule has 0 radical (unpaired) electrons. The Bertz CT molecular complexity index is 982. The maximum Gasteiger partial charge on any atom is 0.274 e. The Labute approximate surface area is 164 Å². The number of methoxy groups -OCH3 is 1. The molecule has 0 bridgehead atoms. The zero-order valence-corrected chi connectivity index (χ0v) is 15.8. The number of hydrogen-bond acceptors (Lipinski definition) is 4. The second-order valence-corrected chi connectivity index (χ2v) is 7.02. The predicted molar refractivity (Wildman–Crippen MR) is 107 cm³/mol. The van der Waals surface area contributed by atoms with Gasteiger partial charge < -0.3 is 9.30 Å². The molecule has 2 heterocycles. The second-order valence-electron chi connectivity index (χ2n) is 7.02. The summed E-state index contributed by atoms with van der Waals surface area (Å²) in [5.74, 6) is 0.818. The number of aryl methyl sites for hydroxylation is 1. The van der Waals surface area contributed by atoms with Gasteiger partial charge in [-0.25, -0.2) is 0 Å². The Balaban J connectivity index is 1.79. The Morgan fingerprint density at radius 1 is 1.11 bits per heavy atom. The molecule has 6 nitrogen and oxygen atoms in total. The van der Waals surface area contributed by atoms with Crippen LogP contribution in [-0.4, -0.2) is 28.0 Å². The highest BCUT2D eigenvalue weighted by Crippen LogP contribution is 2.37. The van der Waals surface area contributed by atoms with Crippen molar-refractivity contribution in [1.29, 1.82) is 0 Å². The molecule has 0 fully saturated rings. The summed E-state index contributed by atoms with van der Waals surface area (Å²) >= 11 is 0. The highest BCUT2D eigenvalue weighted by atomic mass is 16.6. The molecule has 4 rings (SSSR count). The summed E-state index contributed by atoms with van der Waals surface area (Å²) in [5, 5.41) is 11.7. The number of fused-ring (bicyclic) bond motifs is 1. The minimum absolute atomic E-state index is 0.165. The smallest absolute Gasteiger partial charge is 0.274 e. The van der Waals surface area contributed by atoms with Crippen LogP contribution in [0.5, 0.6) is 5.75 Å². The maximum absolute atomic E-state index is 11.7. The number of nitrogens with zero attached hydrogens (tertiary/aromatic N) is 3. The number of para-hydroxylation sites is 1. The van der Waals surface area contributed by atoms with Crippen LogP contribution in [0.3, 0.4) is 0 Å². The maximum atomic E-state index is 11.7. The van der Waals surface area contributed by atoms with Crippen molar-refractivity contribution in [2.75, 3.05) is 13.7 Å². The van der Waals surface area contributed by atoms with E-state index in [2.05, 4.69) is 27.8 Å². The molecule has 0 spiro atoms. The standard InChI is InChI=1S/C22H23N3O3/c1-28-18-8-4-7-17(15-18)16-24-14-6-13-23-12-5-11-21(23)22(24)19-9-2-3-10-20(19)25(26)27/h2-5,7-12,15,22H,6,13-14,16H2,1H3/t22-/m1/s1. The van der Waals surface area contributed by atoms with Gasteiger partial charge in [-0.15, -0.1) is 0 Å². The SMILES string of the molecule is COc1cccc(CN2CCCn3cccc3[C@H]2c2ccccc2[N+](=O)[O-])c1. The van der Waals surface area contributed by atoms with Gasteiger partial charge in [0.1, 0.15) is 5.75 Å². The van der Waals surface area contributed by atoms with Crippen LogP contribution >= 0.6 is 0 Å². The van der Waals surface area contributed by atoms with E-state index in [1.807, 2.05) is 36.4 Å². The van der Waals surface area contributed by atoms with Crippen molar-refractivity contribution >= 4 is 5.69 Å². The molecule has 1 aliphatic heterocycles. The Kier molecular flexibility index (Phi) is 5.12. The lowest BCUT2D eigenvalue weighted by molar-refractivity contribution is -0.385. The van der Waals surface area contributed by atoms with Gasteiger partial charge in [0, 0.05) is 37.6 Å². The molecule has 0 saturated heterocycles. The van der Waals surface area contributed by atoms with Crippen LogP contribution in [0.15, 0.2) is 66.9 Å². The van der Waals surface area contributed by atoms with E-state index in [1.54, 1.807) is 19.2 Å². The zero-order chi connectivity index (χ0) is 19.5. The van der Waals surface area contributed by atoms with E-state index >= 15 is 0 Å². The molecule has 1 atom stereocenters. The van der Waals surface area contributed by atoms with E-state index in [0.717, 1.165) is 42.1 Å². The molecule has 0 saturated carbocycles. The van der Waals surface area contributed by atoms with Crippen LogP contribution in [0.25, 0.3) is 0 Å². The summed E-state index contributed by atoms with van der Waals surface area (Å²) in [6.45, 7) is 2.46. The van der Waals surface area contributed by atoms with Crippen molar-refractivity contribution in [3.8, 4) is 5.75 Å².